The molecule has 2 amide bonds. The summed E-state index contributed by atoms with van der Waals surface area (Å²) in [4.78, 5) is 42.4. The van der Waals surface area contributed by atoms with Crippen molar-refractivity contribution in [2.45, 2.75) is 38.3 Å². The lowest BCUT2D eigenvalue weighted by Crippen LogP contribution is -2.49. The van der Waals surface area contributed by atoms with Gasteiger partial charge in [-0.25, -0.2) is 4.79 Å². The third kappa shape index (κ3) is 5.27. The molecule has 1 aromatic heterocycles. The van der Waals surface area contributed by atoms with Crippen LogP contribution in [0, 0.1) is 0 Å². The number of fused-ring (bicyclic) bond motifs is 1. The summed E-state index contributed by atoms with van der Waals surface area (Å²) in [6, 6.07) is 17.7. The van der Waals surface area contributed by atoms with Gasteiger partial charge in [-0.1, -0.05) is 24.3 Å². The van der Waals surface area contributed by atoms with E-state index in [1.165, 1.54) is 30.4 Å². The molecule has 2 aromatic carbocycles. The van der Waals surface area contributed by atoms with Gasteiger partial charge >= 0.3 is 5.97 Å². The first-order chi connectivity index (χ1) is 17.6. The van der Waals surface area contributed by atoms with Crippen LogP contribution in [-0.4, -0.2) is 48.4 Å². The molecule has 8 heteroatoms. The fraction of sp³-hybridized carbons (Fsp3) is 0.321. The van der Waals surface area contributed by atoms with Crippen molar-refractivity contribution >= 4 is 29.2 Å². The molecular formula is C28H29N3O5. The maximum Gasteiger partial charge on any atom is 0.329 e. The van der Waals surface area contributed by atoms with Crippen LogP contribution in [0.2, 0.25) is 0 Å². The minimum Gasteiger partial charge on any atom is -0.459 e. The first kappa shape index (κ1) is 23.7. The molecule has 5 rings (SSSR count). The van der Waals surface area contributed by atoms with E-state index in [0.29, 0.717) is 12.1 Å². The predicted molar refractivity (Wildman–Crippen MR) is 135 cm³/mol. The monoisotopic (exact) mass is 487 g/mol. The summed E-state index contributed by atoms with van der Waals surface area (Å²) >= 11 is 0. The second-order valence-electron chi connectivity index (χ2n) is 9.15. The van der Waals surface area contributed by atoms with Crippen LogP contribution in [-0.2, 0) is 27.3 Å². The minimum atomic E-state index is -0.853. The van der Waals surface area contributed by atoms with E-state index < -0.39 is 30.4 Å². The van der Waals surface area contributed by atoms with E-state index in [0.717, 1.165) is 29.9 Å². The second kappa shape index (κ2) is 10.7. The average molecular weight is 488 g/mol. The van der Waals surface area contributed by atoms with Gasteiger partial charge in [0.1, 0.15) is 6.04 Å². The molecule has 1 fully saturated rings. The summed E-state index contributed by atoms with van der Waals surface area (Å²) in [6.07, 6.45) is 5.39. The highest BCUT2D eigenvalue weighted by Gasteiger charge is 2.37. The van der Waals surface area contributed by atoms with Gasteiger partial charge in [-0.15, -0.1) is 0 Å². The highest BCUT2D eigenvalue weighted by atomic mass is 16.5. The molecule has 0 radical (unpaired) electrons. The molecule has 2 aliphatic rings. The largest absolute Gasteiger partial charge is 0.459 e. The Morgan fingerprint density at radius 2 is 1.67 bits per heavy atom. The minimum absolute atomic E-state index is 0.151. The number of nitrogens with one attached hydrogen (secondary N) is 1. The molecule has 1 atom stereocenters. The molecule has 0 bridgehead atoms. The third-order valence-electron chi connectivity index (χ3n) is 6.73. The van der Waals surface area contributed by atoms with Crippen molar-refractivity contribution < 1.29 is 23.5 Å². The first-order valence-corrected chi connectivity index (χ1v) is 12.3. The molecule has 1 saturated heterocycles. The number of esters is 1. The molecule has 1 N–H and O–H groups in total. The Bertz CT molecular complexity index is 1220. The number of furan rings is 1. The summed E-state index contributed by atoms with van der Waals surface area (Å²) in [5, 5.41) is 2.77. The van der Waals surface area contributed by atoms with Gasteiger partial charge in [0.15, 0.2) is 12.4 Å². The summed E-state index contributed by atoms with van der Waals surface area (Å²) in [6.45, 7) is 1.91. The van der Waals surface area contributed by atoms with Gasteiger partial charge in [-0.2, -0.15) is 0 Å². The summed E-state index contributed by atoms with van der Waals surface area (Å²) in [7, 11) is 0. The van der Waals surface area contributed by atoms with Crippen LogP contribution in [0.25, 0.3) is 0 Å². The SMILES string of the molecule is O=C(COC(=O)[C@@H]1Cc2ccccc2CN1C(=O)c1ccco1)Nc1ccc(N2CCCCC2)cc1. The highest BCUT2D eigenvalue weighted by Crippen LogP contribution is 2.26. The van der Waals surface area contributed by atoms with Crippen molar-refractivity contribution in [1.29, 1.82) is 0 Å². The molecular weight excluding hydrogens is 458 g/mol. The molecule has 3 aromatic rings. The number of hydrogen-bond donors (Lipinski definition) is 1. The number of carbonyl (C=O) groups is 3. The van der Waals surface area contributed by atoms with E-state index in [9.17, 15) is 14.4 Å². The molecule has 186 valence electrons. The lowest BCUT2D eigenvalue weighted by Gasteiger charge is -2.34. The molecule has 0 spiro atoms. The van der Waals surface area contributed by atoms with Crippen molar-refractivity contribution in [3.8, 4) is 0 Å². The fourth-order valence-corrected chi connectivity index (χ4v) is 4.83. The molecule has 0 saturated carbocycles. The van der Waals surface area contributed by atoms with E-state index in [2.05, 4.69) is 10.2 Å². The van der Waals surface area contributed by atoms with Gasteiger partial charge in [0.05, 0.1) is 6.26 Å². The van der Waals surface area contributed by atoms with Crippen LogP contribution >= 0.6 is 0 Å². The Balaban J connectivity index is 1.20. The molecule has 0 aliphatic carbocycles. The zero-order chi connectivity index (χ0) is 24.9. The number of nitrogens with zero attached hydrogens (tertiary/aromatic N) is 2. The first-order valence-electron chi connectivity index (χ1n) is 12.3. The van der Waals surface area contributed by atoms with Gasteiger partial charge in [0, 0.05) is 37.4 Å². The third-order valence-corrected chi connectivity index (χ3v) is 6.73. The Hall–Kier alpha value is -4.07. The van der Waals surface area contributed by atoms with Crippen molar-refractivity contribution in [3.63, 3.8) is 0 Å². The van der Waals surface area contributed by atoms with Crippen LogP contribution in [0.1, 0.15) is 40.9 Å². The normalized spacial score (nSPS) is 17.3. The van der Waals surface area contributed by atoms with Crippen LogP contribution in [0.15, 0.2) is 71.3 Å². The van der Waals surface area contributed by atoms with Gasteiger partial charge < -0.3 is 24.3 Å². The molecule has 0 unspecified atom stereocenters. The number of anilines is 2. The smallest absolute Gasteiger partial charge is 0.329 e. The number of carbonyl (C=O) groups excluding carboxylic acids is 3. The molecule has 36 heavy (non-hydrogen) atoms. The summed E-state index contributed by atoms with van der Waals surface area (Å²) in [5.74, 6) is -1.30. The molecule has 8 nitrogen and oxygen atoms in total. The van der Waals surface area contributed by atoms with E-state index in [-0.39, 0.29) is 12.3 Å². The topological polar surface area (TPSA) is 92.1 Å². The van der Waals surface area contributed by atoms with Gasteiger partial charge in [0.25, 0.3) is 11.8 Å². The molecule has 3 heterocycles. The number of benzene rings is 2. The number of hydrogen-bond acceptors (Lipinski definition) is 6. The van der Waals surface area contributed by atoms with Gasteiger partial charge in [-0.05, 0) is 66.8 Å². The van der Waals surface area contributed by atoms with E-state index >= 15 is 0 Å². The Morgan fingerprint density at radius 1 is 0.917 bits per heavy atom. The number of piperidine rings is 1. The lowest BCUT2D eigenvalue weighted by molar-refractivity contribution is -0.152. The quantitative estimate of drug-likeness (QED) is 0.528. The number of ether oxygens (including phenoxy) is 1. The lowest BCUT2D eigenvalue weighted by atomic mass is 9.93. The van der Waals surface area contributed by atoms with E-state index in [1.54, 1.807) is 12.1 Å². The van der Waals surface area contributed by atoms with Gasteiger partial charge in [0.2, 0.25) is 0 Å². The number of rotatable bonds is 6. The van der Waals surface area contributed by atoms with Crippen LogP contribution in [0.4, 0.5) is 11.4 Å². The van der Waals surface area contributed by atoms with Crippen molar-refractivity contribution in [1.82, 2.24) is 4.90 Å². The average Bonchev–Trinajstić information content (AvgIpc) is 3.47. The Morgan fingerprint density at radius 3 is 2.39 bits per heavy atom. The highest BCUT2D eigenvalue weighted by molar-refractivity contribution is 5.96. The zero-order valence-corrected chi connectivity index (χ0v) is 20.0. The van der Waals surface area contributed by atoms with Gasteiger partial charge in [-0.3, -0.25) is 9.59 Å². The maximum absolute atomic E-state index is 13.0. The standard InChI is InChI=1S/C28H29N3O5/c32-26(29-22-10-12-23(13-11-22)30-14-4-1-5-15-30)19-36-28(34)24-17-20-7-2-3-8-21(20)18-31(24)27(33)25-9-6-16-35-25/h2-3,6-13,16,24H,1,4-5,14-15,17-19H2,(H,29,32)/t24-/m0/s1. The van der Waals surface area contributed by atoms with E-state index in [4.69, 9.17) is 9.15 Å². The van der Waals surface area contributed by atoms with Crippen molar-refractivity contribution in [2.24, 2.45) is 0 Å². The van der Waals surface area contributed by atoms with Crippen LogP contribution < -0.4 is 10.2 Å². The van der Waals surface area contributed by atoms with Crippen molar-refractivity contribution in [2.75, 3.05) is 29.9 Å². The maximum atomic E-state index is 13.0. The summed E-state index contributed by atoms with van der Waals surface area (Å²) in [5.41, 5.74) is 3.71. The van der Waals surface area contributed by atoms with Crippen LogP contribution in [0.3, 0.4) is 0 Å². The Labute approximate surface area is 209 Å². The Kier molecular flexibility index (Phi) is 7.02. The second-order valence-corrected chi connectivity index (χ2v) is 9.15. The van der Waals surface area contributed by atoms with Crippen molar-refractivity contribution in [3.05, 3.63) is 83.8 Å². The zero-order valence-electron chi connectivity index (χ0n) is 20.0. The van der Waals surface area contributed by atoms with Crippen LogP contribution in [0.5, 0.6) is 0 Å². The fourth-order valence-electron chi connectivity index (χ4n) is 4.83. The van der Waals surface area contributed by atoms with E-state index in [1.807, 2.05) is 48.5 Å². The predicted octanol–water partition coefficient (Wildman–Crippen LogP) is 4.02. The molecule has 2 aliphatic heterocycles. The summed E-state index contributed by atoms with van der Waals surface area (Å²) < 4.78 is 10.6. The number of amides is 2.